The van der Waals surface area contributed by atoms with E-state index in [4.69, 9.17) is 4.74 Å². The number of H-pyrrole nitrogens is 1. The second kappa shape index (κ2) is 8.49. The number of aromatic amines is 1. The van der Waals surface area contributed by atoms with Crippen molar-refractivity contribution in [2.45, 2.75) is 13.3 Å². The Morgan fingerprint density at radius 3 is 2.92 bits per heavy atom. The Morgan fingerprint density at radius 1 is 1.27 bits per heavy atom. The van der Waals surface area contributed by atoms with E-state index < -0.39 is 5.97 Å². The standard InChI is InChI=1S/C20H20N2O3S/c1-14-9-11-26-18(14)6-7-20(24)25-13-19(23)21-10-8-15-12-22-17-5-3-2-4-16(15)17/h2-7,9,11-12,22H,8,10,13H2,1H3,(H,21,23)/b7-6+. The van der Waals surface area contributed by atoms with Crippen molar-refractivity contribution >= 4 is 40.2 Å². The van der Waals surface area contributed by atoms with Crippen LogP contribution in [0.5, 0.6) is 0 Å². The first-order valence-electron chi connectivity index (χ1n) is 8.34. The fourth-order valence-corrected chi connectivity index (χ4v) is 3.43. The number of aromatic nitrogens is 1. The summed E-state index contributed by atoms with van der Waals surface area (Å²) < 4.78 is 4.96. The summed E-state index contributed by atoms with van der Waals surface area (Å²) in [7, 11) is 0. The van der Waals surface area contributed by atoms with Crippen molar-refractivity contribution in [1.82, 2.24) is 10.3 Å². The number of fused-ring (bicyclic) bond motifs is 1. The monoisotopic (exact) mass is 368 g/mol. The van der Waals surface area contributed by atoms with Gasteiger partial charge in [-0.2, -0.15) is 0 Å². The van der Waals surface area contributed by atoms with Crippen LogP contribution in [0.15, 0.2) is 48.0 Å². The second-order valence-electron chi connectivity index (χ2n) is 5.87. The summed E-state index contributed by atoms with van der Waals surface area (Å²) in [6, 6.07) is 10.0. The molecule has 0 saturated heterocycles. The van der Waals surface area contributed by atoms with Gasteiger partial charge in [0.05, 0.1) is 0 Å². The van der Waals surface area contributed by atoms with Crippen LogP contribution in [0, 0.1) is 6.92 Å². The minimum atomic E-state index is -0.524. The number of thiophene rings is 1. The van der Waals surface area contributed by atoms with E-state index in [1.165, 1.54) is 6.08 Å². The normalized spacial score (nSPS) is 11.1. The van der Waals surface area contributed by atoms with Crippen LogP contribution in [0.4, 0.5) is 0 Å². The van der Waals surface area contributed by atoms with Gasteiger partial charge in [0.25, 0.3) is 5.91 Å². The van der Waals surface area contributed by atoms with Gasteiger partial charge >= 0.3 is 5.97 Å². The molecule has 0 aliphatic heterocycles. The van der Waals surface area contributed by atoms with E-state index >= 15 is 0 Å². The van der Waals surface area contributed by atoms with Gasteiger partial charge in [0, 0.05) is 34.6 Å². The molecule has 0 bridgehead atoms. The molecule has 0 saturated carbocycles. The molecule has 1 aromatic carbocycles. The summed E-state index contributed by atoms with van der Waals surface area (Å²) in [6.45, 7) is 2.19. The Kier molecular flexibility index (Phi) is 5.86. The Morgan fingerprint density at radius 2 is 2.12 bits per heavy atom. The molecule has 0 unspecified atom stereocenters. The van der Waals surface area contributed by atoms with Crippen LogP contribution in [-0.4, -0.2) is 30.0 Å². The third kappa shape index (κ3) is 4.61. The highest BCUT2D eigenvalue weighted by molar-refractivity contribution is 7.11. The predicted octanol–water partition coefficient (Wildman–Crippen LogP) is 3.45. The molecule has 2 heterocycles. The van der Waals surface area contributed by atoms with Crippen LogP contribution in [0.25, 0.3) is 17.0 Å². The first-order chi connectivity index (χ1) is 12.6. The van der Waals surface area contributed by atoms with Crippen LogP contribution < -0.4 is 5.32 Å². The highest BCUT2D eigenvalue weighted by Crippen LogP contribution is 2.18. The van der Waals surface area contributed by atoms with Gasteiger partial charge in [-0.1, -0.05) is 18.2 Å². The molecule has 0 atom stereocenters. The summed E-state index contributed by atoms with van der Waals surface area (Å²) in [5, 5.41) is 5.88. The third-order valence-corrected chi connectivity index (χ3v) is 4.99. The number of carbonyl (C=O) groups excluding carboxylic acids is 2. The van der Waals surface area contributed by atoms with Gasteiger partial charge in [-0.3, -0.25) is 4.79 Å². The van der Waals surface area contributed by atoms with Crippen molar-refractivity contribution in [2.75, 3.05) is 13.2 Å². The summed E-state index contributed by atoms with van der Waals surface area (Å²) in [5.41, 5.74) is 3.33. The molecule has 2 aromatic heterocycles. The molecular weight excluding hydrogens is 348 g/mol. The number of benzene rings is 1. The van der Waals surface area contributed by atoms with Crippen molar-refractivity contribution in [3.8, 4) is 0 Å². The van der Waals surface area contributed by atoms with Crippen LogP contribution >= 0.6 is 11.3 Å². The molecule has 0 radical (unpaired) electrons. The highest BCUT2D eigenvalue weighted by atomic mass is 32.1. The van der Waals surface area contributed by atoms with Gasteiger partial charge in [-0.15, -0.1) is 11.3 Å². The number of amides is 1. The number of hydrogen-bond donors (Lipinski definition) is 2. The summed E-state index contributed by atoms with van der Waals surface area (Å²) in [5.74, 6) is -0.830. The predicted molar refractivity (Wildman–Crippen MR) is 104 cm³/mol. The fourth-order valence-electron chi connectivity index (χ4n) is 2.61. The third-order valence-electron chi connectivity index (χ3n) is 4.01. The lowest BCUT2D eigenvalue weighted by Crippen LogP contribution is -2.30. The number of rotatable bonds is 7. The molecule has 26 heavy (non-hydrogen) atoms. The average Bonchev–Trinajstić information content (AvgIpc) is 3.24. The summed E-state index contributed by atoms with van der Waals surface area (Å²) in [4.78, 5) is 27.7. The second-order valence-corrected chi connectivity index (χ2v) is 6.82. The number of aryl methyl sites for hydroxylation is 1. The number of hydrogen-bond acceptors (Lipinski definition) is 4. The number of carbonyl (C=O) groups is 2. The number of esters is 1. The molecule has 6 heteroatoms. The van der Waals surface area contributed by atoms with E-state index in [1.807, 2.05) is 48.8 Å². The zero-order valence-corrected chi connectivity index (χ0v) is 15.3. The van der Waals surface area contributed by atoms with Gasteiger partial charge in [-0.05, 0) is 48.1 Å². The topological polar surface area (TPSA) is 71.2 Å². The number of nitrogens with one attached hydrogen (secondary N) is 2. The zero-order valence-electron chi connectivity index (χ0n) is 14.5. The van der Waals surface area contributed by atoms with Crippen molar-refractivity contribution in [2.24, 2.45) is 0 Å². The molecule has 3 rings (SSSR count). The largest absolute Gasteiger partial charge is 0.452 e. The van der Waals surface area contributed by atoms with Crippen LogP contribution in [-0.2, 0) is 20.7 Å². The quantitative estimate of drug-likeness (QED) is 0.496. The van der Waals surface area contributed by atoms with E-state index in [0.29, 0.717) is 13.0 Å². The molecule has 1 amide bonds. The molecule has 0 spiro atoms. The molecule has 5 nitrogen and oxygen atoms in total. The van der Waals surface area contributed by atoms with E-state index in [1.54, 1.807) is 17.4 Å². The maximum atomic E-state index is 11.8. The SMILES string of the molecule is Cc1ccsc1/C=C/C(=O)OCC(=O)NCCc1c[nH]c2ccccc12. The van der Waals surface area contributed by atoms with E-state index in [-0.39, 0.29) is 12.5 Å². The Labute approximate surface area is 155 Å². The van der Waals surface area contributed by atoms with Gasteiger partial charge in [0.15, 0.2) is 6.61 Å². The lowest BCUT2D eigenvalue weighted by molar-refractivity contribution is -0.143. The fraction of sp³-hybridized carbons (Fsp3) is 0.200. The number of para-hydroxylation sites is 1. The first-order valence-corrected chi connectivity index (χ1v) is 9.22. The van der Waals surface area contributed by atoms with Crippen molar-refractivity contribution in [3.05, 3.63) is 64.0 Å². The molecule has 0 aliphatic rings. The Bertz CT molecular complexity index is 939. The lowest BCUT2D eigenvalue weighted by Gasteiger charge is -2.05. The van der Waals surface area contributed by atoms with Crippen LogP contribution in [0.1, 0.15) is 16.0 Å². The summed E-state index contributed by atoms with van der Waals surface area (Å²) in [6.07, 6.45) is 5.71. The Hall–Kier alpha value is -2.86. The highest BCUT2D eigenvalue weighted by Gasteiger charge is 2.07. The maximum Gasteiger partial charge on any atom is 0.331 e. The van der Waals surface area contributed by atoms with E-state index in [9.17, 15) is 9.59 Å². The van der Waals surface area contributed by atoms with Gasteiger partial charge in [-0.25, -0.2) is 4.79 Å². The van der Waals surface area contributed by atoms with Gasteiger partial charge in [0.1, 0.15) is 0 Å². The first kappa shape index (κ1) is 17.9. The molecule has 2 N–H and O–H groups in total. The summed E-state index contributed by atoms with van der Waals surface area (Å²) >= 11 is 1.55. The van der Waals surface area contributed by atoms with E-state index in [0.717, 1.165) is 26.9 Å². The van der Waals surface area contributed by atoms with Crippen molar-refractivity contribution in [1.29, 1.82) is 0 Å². The lowest BCUT2D eigenvalue weighted by atomic mass is 10.1. The minimum absolute atomic E-state index is 0.277. The maximum absolute atomic E-state index is 11.8. The molecule has 3 aromatic rings. The van der Waals surface area contributed by atoms with Gasteiger partial charge < -0.3 is 15.0 Å². The molecule has 0 aliphatic carbocycles. The molecule has 134 valence electrons. The smallest absolute Gasteiger partial charge is 0.331 e. The molecule has 0 fully saturated rings. The van der Waals surface area contributed by atoms with Gasteiger partial charge in [0.2, 0.25) is 0 Å². The van der Waals surface area contributed by atoms with Crippen LogP contribution in [0.3, 0.4) is 0 Å². The van der Waals surface area contributed by atoms with Crippen LogP contribution in [0.2, 0.25) is 0 Å². The van der Waals surface area contributed by atoms with Crippen molar-refractivity contribution < 1.29 is 14.3 Å². The average molecular weight is 368 g/mol. The molecular formula is C20H20N2O3S. The Balaban J connectivity index is 1.39. The number of ether oxygens (including phenoxy) is 1. The van der Waals surface area contributed by atoms with E-state index in [2.05, 4.69) is 10.3 Å². The zero-order chi connectivity index (χ0) is 18.4. The van der Waals surface area contributed by atoms with Crippen molar-refractivity contribution in [3.63, 3.8) is 0 Å². The minimum Gasteiger partial charge on any atom is -0.452 e.